The third-order valence-corrected chi connectivity index (χ3v) is 6.29. The van der Waals surface area contributed by atoms with Gasteiger partial charge in [0.15, 0.2) is 0 Å². The van der Waals surface area contributed by atoms with Gasteiger partial charge in [-0.3, -0.25) is 4.79 Å². The lowest BCUT2D eigenvalue weighted by molar-refractivity contribution is -0.116. The second-order valence-electron chi connectivity index (χ2n) is 8.52. The van der Waals surface area contributed by atoms with Gasteiger partial charge in [-0.1, -0.05) is 30.3 Å². The molecule has 0 radical (unpaired) electrons. The molecule has 0 aliphatic carbocycles. The van der Waals surface area contributed by atoms with Gasteiger partial charge in [0, 0.05) is 34.7 Å². The van der Waals surface area contributed by atoms with Crippen molar-refractivity contribution in [2.24, 2.45) is 0 Å². The maximum absolute atomic E-state index is 12.7. The number of methoxy groups -OCH3 is 3. The summed E-state index contributed by atoms with van der Waals surface area (Å²) in [5.74, 6) is 2.11. The summed E-state index contributed by atoms with van der Waals surface area (Å²) in [4.78, 5) is 12.7. The van der Waals surface area contributed by atoms with Crippen LogP contribution in [0.3, 0.4) is 0 Å². The SMILES string of the molecule is COc1cccc(-c2coc3c(C)c(OC)c(/C(C)=C/C(=O)NCCc4ccccc4OC)cc23)c1. The lowest BCUT2D eigenvalue weighted by atomic mass is 9.96. The molecule has 0 spiro atoms. The van der Waals surface area contributed by atoms with E-state index in [-0.39, 0.29) is 5.91 Å². The van der Waals surface area contributed by atoms with Crippen LogP contribution in [-0.2, 0) is 11.2 Å². The van der Waals surface area contributed by atoms with Crippen molar-refractivity contribution in [2.75, 3.05) is 27.9 Å². The molecule has 4 rings (SSSR count). The Bertz CT molecular complexity index is 1420. The topological polar surface area (TPSA) is 69.9 Å². The number of furan rings is 1. The molecule has 0 aliphatic rings. The lowest BCUT2D eigenvalue weighted by Crippen LogP contribution is -2.24. The largest absolute Gasteiger partial charge is 0.497 e. The summed E-state index contributed by atoms with van der Waals surface area (Å²) in [6.45, 7) is 4.37. The number of amides is 1. The molecule has 186 valence electrons. The van der Waals surface area contributed by atoms with Gasteiger partial charge in [0.2, 0.25) is 5.91 Å². The fraction of sp³-hybridized carbons (Fsp3) is 0.233. The van der Waals surface area contributed by atoms with E-state index in [9.17, 15) is 4.79 Å². The van der Waals surface area contributed by atoms with Crippen molar-refractivity contribution in [2.45, 2.75) is 20.3 Å². The molecule has 0 saturated carbocycles. The van der Waals surface area contributed by atoms with Gasteiger partial charge < -0.3 is 23.9 Å². The van der Waals surface area contributed by atoms with Crippen molar-refractivity contribution in [1.82, 2.24) is 5.32 Å². The van der Waals surface area contributed by atoms with Crippen LogP contribution in [0.4, 0.5) is 0 Å². The molecule has 6 heteroatoms. The molecule has 6 nitrogen and oxygen atoms in total. The van der Waals surface area contributed by atoms with Crippen LogP contribution in [0.1, 0.15) is 23.6 Å². The van der Waals surface area contributed by atoms with E-state index < -0.39 is 0 Å². The minimum atomic E-state index is -0.164. The van der Waals surface area contributed by atoms with E-state index >= 15 is 0 Å². The number of allylic oxidation sites excluding steroid dienone is 1. The summed E-state index contributed by atoms with van der Waals surface area (Å²) >= 11 is 0. The Hall–Kier alpha value is -4.19. The van der Waals surface area contributed by atoms with Crippen LogP contribution in [0, 0.1) is 6.92 Å². The van der Waals surface area contributed by atoms with Crippen LogP contribution in [0.25, 0.3) is 27.7 Å². The van der Waals surface area contributed by atoms with E-state index in [4.69, 9.17) is 18.6 Å². The maximum atomic E-state index is 12.7. The predicted octanol–water partition coefficient (Wildman–Crippen LogP) is 6.20. The van der Waals surface area contributed by atoms with Crippen molar-refractivity contribution < 1.29 is 23.4 Å². The van der Waals surface area contributed by atoms with Gasteiger partial charge in [-0.2, -0.15) is 0 Å². The highest BCUT2D eigenvalue weighted by atomic mass is 16.5. The van der Waals surface area contributed by atoms with Crippen LogP contribution in [0.15, 0.2) is 71.4 Å². The Balaban J connectivity index is 1.61. The van der Waals surface area contributed by atoms with Gasteiger partial charge in [-0.25, -0.2) is 0 Å². The number of carbonyl (C=O) groups excluding carboxylic acids is 1. The molecular formula is C30H31NO5. The Kier molecular flexibility index (Phi) is 7.64. The number of ether oxygens (including phenoxy) is 3. The molecule has 0 unspecified atom stereocenters. The number of hydrogen-bond donors (Lipinski definition) is 1. The average Bonchev–Trinajstić information content (AvgIpc) is 3.33. The zero-order valence-electron chi connectivity index (χ0n) is 21.3. The maximum Gasteiger partial charge on any atom is 0.244 e. The first-order valence-electron chi connectivity index (χ1n) is 11.8. The first-order chi connectivity index (χ1) is 17.5. The molecule has 1 amide bonds. The molecule has 36 heavy (non-hydrogen) atoms. The highest BCUT2D eigenvalue weighted by molar-refractivity contribution is 6.01. The van der Waals surface area contributed by atoms with Crippen LogP contribution in [0.2, 0.25) is 0 Å². The first kappa shape index (κ1) is 24.9. The fourth-order valence-electron chi connectivity index (χ4n) is 4.44. The van der Waals surface area contributed by atoms with Crippen molar-refractivity contribution in [3.63, 3.8) is 0 Å². The van der Waals surface area contributed by atoms with Crippen LogP contribution >= 0.6 is 0 Å². The lowest BCUT2D eigenvalue weighted by Gasteiger charge is -2.13. The van der Waals surface area contributed by atoms with Crippen molar-refractivity contribution in [1.29, 1.82) is 0 Å². The van der Waals surface area contributed by atoms with E-state index in [1.807, 2.05) is 68.4 Å². The average molecular weight is 486 g/mol. The summed E-state index contributed by atoms with van der Waals surface area (Å²) in [5.41, 5.74) is 6.25. The van der Waals surface area contributed by atoms with Gasteiger partial charge in [-0.15, -0.1) is 0 Å². The quantitative estimate of drug-likeness (QED) is 0.286. The predicted molar refractivity (Wildman–Crippen MR) is 143 cm³/mol. The van der Waals surface area contributed by atoms with E-state index in [0.717, 1.165) is 55.9 Å². The highest BCUT2D eigenvalue weighted by Crippen LogP contribution is 2.41. The van der Waals surface area contributed by atoms with Gasteiger partial charge in [0.1, 0.15) is 22.8 Å². The Morgan fingerprint density at radius 1 is 1.00 bits per heavy atom. The summed E-state index contributed by atoms with van der Waals surface area (Å²) in [6, 6.07) is 17.7. The molecular weight excluding hydrogens is 454 g/mol. The Morgan fingerprint density at radius 2 is 1.81 bits per heavy atom. The normalized spacial score (nSPS) is 11.4. The minimum absolute atomic E-state index is 0.164. The zero-order chi connectivity index (χ0) is 25.7. The molecule has 4 aromatic rings. The van der Waals surface area contributed by atoms with Crippen molar-refractivity contribution >= 4 is 22.4 Å². The van der Waals surface area contributed by atoms with Gasteiger partial charge in [0.25, 0.3) is 0 Å². The molecule has 1 N–H and O–H groups in total. The zero-order valence-corrected chi connectivity index (χ0v) is 21.3. The first-order valence-corrected chi connectivity index (χ1v) is 11.8. The van der Waals surface area contributed by atoms with Crippen molar-refractivity contribution in [3.8, 4) is 28.4 Å². The monoisotopic (exact) mass is 485 g/mol. The van der Waals surface area contributed by atoms with Crippen LogP contribution in [0.5, 0.6) is 17.2 Å². The fourth-order valence-corrected chi connectivity index (χ4v) is 4.44. The minimum Gasteiger partial charge on any atom is -0.497 e. The number of para-hydroxylation sites is 1. The van der Waals surface area contributed by atoms with E-state index in [0.29, 0.717) is 18.7 Å². The highest BCUT2D eigenvalue weighted by Gasteiger charge is 2.19. The summed E-state index contributed by atoms with van der Waals surface area (Å²) in [7, 11) is 4.93. The van der Waals surface area contributed by atoms with Crippen molar-refractivity contribution in [3.05, 3.63) is 83.6 Å². The second-order valence-corrected chi connectivity index (χ2v) is 8.52. The van der Waals surface area contributed by atoms with E-state index in [1.54, 1.807) is 33.7 Å². The second kappa shape index (κ2) is 11.0. The third kappa shape index (κ3) is 5.08. The number of aryl methyl sites for hydroxylation is 1. The Morgan fingerprint density at radius 3 is 2.56 bits per heavy atom. The number of rotatable bonds is 9. The van der Waals surface area contributed by atoms with Gasteiger partial charge >= 0.3 is 0 Å². The number of benzene rings is 3. The number of hydrogen-bond acceptors (Lipinski definition) is 5. The van der Waals surface area contributed by atoms with E-state index in [2.05, 4.69) is 5.32 Å². The molecule has 0 bridgehead atoms. The smallest absolute Gasteiger partial charge is 0.244 e. The van der Waals surface area contributed by atoms with Gasteiger partial charge in [-0.05, 0) is 61.2 Å². The molecule has 3 aromatic carbocycles. The summed E-state index contributed by atoms with van der Waals surface area (Å²) in [6.07, 6.45) is 4.03. The molecule has 0 atom stereocenters. The number of fused-ring (bicyclic) bond motifs is 1. The number of carbonyl (C=O) groups is 1. The molecule has 0 aliphatic heterocycles. The summed E-state index contributed by atoms with van der Waals surface area (Å²) in [5, 5.41) is 3.92. The summed E-state index contributed by atoms with van der Waals surface area (Å²) < 4.78 is 22.5. The standard InChI is InChI=1S/C30H31NO5/c1-19(15-28(32)31-14-13-21-9-6-7-12-27(21)34-4)24-17-25-26(22-10-8-11-23(16-22)33-3)18-36-30(25)20(2)29(24)35-5/h6-12,15-18H,13-14H2,1-5H3,(H,31,32)/b19-15+. The molecule has 0 saturated heterocycles. The van der Waals surface area contributed by atoms with Crippen LogP contribution in [-0.4, -0.2) is 33.8 Å². The third-order valence-electron chi connectivity index (χ3n) is 6.29. The number of nitrogens with one attached hydrogen (secondary N) is 1. The Labute approximate surface area is 211 Å². The van der Waals surface area contributed by atoms with E-state index in [1.165, 1.54) is 0 Å². The molecule has 1 heterocycles. The van der Waals surface area contributed by atoms with Crippen LogP contribution < -0.4 is 19.5 Å². The molecule has 1 aromatic heterocycles. The molecule has 0 fully saturated rings. The van der Waals surface area contributed by atoms with Gasteiger partial charge in [0.05, 0.1) is 27.6 Å².